The van der Waals surface area contributed by atoms with Crippen molar-refractivity contribution in [1.29, 1.82) is 0 Å². The van der Waals surface area contributed by atoms with Gasteiger partial charge >= 0.3 is 0 Å². The van der Waals surface area contributed by atoms with E-state index in [1.54, 1.807) is 12.3 Å². The minimum atomic E-state index is 0.593. The van der Waals surface area contributed by atoms with Crippen LogP contribution in [-0.2, 0) is 0 Å². The molecule has 0 aliphatic carbocycles. The van der Waals surface area contributed by atoms with Crippen molar-refractivity contribution in [1.82, 2.24) is 4.98 Å². The number of pyridine rings is 1. The average molecular weight is 279 g/mol. The molecular formula is C12H11BrN2O. The molecule has 0 spiro atoms. The normalized spacial score (nSPS) is 10.1. The van der Waals surface area contributed by atoms with Crippen molar-refractivity contribution < 1.29 is 4.74 Å². The van der Waals surface area contributed by atoms with E-state index in [-0.39, 0.29) is 0 Å². The van der Waals surface area contributed by atoms with Gasteiger partial charge in [-0.3, -0.25) is 4.98 Å². The second kappa shape index (κ2) is 4.53. The maximum absolute atomic E-state index is 5.82. The fourth-order valence-corrected chi connectivity index (χ4v) is 1.63. The van der Waals surface area contributed by atoms with E-state index in [1.165, 1.54) is 0 Å². The SMILES string of the molecule is Cc1ccc(Oc2ccc(Br)cc2N)cn1. The van der Waals surface area contributed by atoms with Gasteiger partial charge in [-0.15, -0.1) is 0 Å². The third-order valence-corrected chi connectivity index (χ3v) is 2.58. The van der Waals surface area contributed by atoms with Gasteiger partial charge in [0.2, 0.25) is 0 Å². The highest BCUT2D eigenvalue weighted by Gasteiger charge is 2.02. The first-order valence-corrected chi connectivity index (χ1v) is 5.60. The Hall–Kier alpha value is -1.55. The van der Waals surface area contributed by atoms with Crippen LogP contribution in [-0.4, -0.2) is 4.98 Å². The van der Waals surface area contributed by atoms with Gasteiger partial charge in [-0.1, -0.05) is 15.9 Å². The van der Waals surface area contributed by atoms with Crippen LogP contribution in [0.15, 0.2) is 41.0 Å². The second-order valence-corrected chi connectivity index (χ2v) is 4.34. The number of nitrogens with two attached hydrogens (primary N) is 1. The smallest absolute Gasteiger partial charge is 0.150 e. The van der Waals surface area contributed by atoms with Gasteiger partial charge in [0.25, 0.3) is 0 Å². The largest absolute Gasteiger partial charge is 0.454 e. The van der Waals surface area contributed by atoms with Crippen LogP contribution in [0.1, 0.15) is 5.69 Å². The van der Waals surface area contributed by atoms with Crippen LogP contribution in [0.25, 0.3) is 0 Å². The van der Waals surface area contributed by atoms with Crippen LogP contribution in [0.3, 0.4) is 0 Å². The van der Waals surface area contributed by atoms with E-state index in [9.17, 15) is 0 Å². The predicted molar refractivity (Wildman–Crippen MR) is 67.6 cm³/mol. The maximum atomic E-state index is 5.82. The molecule has 82 valence electrons. The fourth-order valence-electron chi connectivity index (χ4n) is 1.25. The third kappa shape index (κ3) is 2.52. The Morgan fingerprint density at radius 3 is 2.69 bits per heavy atom. The molecule has 2 rings (SSSR count). The Bertz CT molecular complexity index is 497. The molecule has 0 saturated carbocycles. The van der Waals surface area contributed by atoms with Crippen molar-refractivity contribution in [3.05, 3.63) is 46.7 Å². The lowest BCUT2D eigenvalue weighted by Gasteiger charge is -2.08. The summed E-state index contributed by atoms with van der Waals surface area (Å²) in [4.78, 5) is 4.15. The summed E-state index contributed by atoms with van der Waals surface area (Å²) in [6, 6.07) is 9.26. The Morgan fingerprint density at radius 1 is 1.25 bits per heavy atom. The van der Waals surface area contributed by atoms with Crippen LogP contribution >= 0.6 is 15.9 Å². The first kappa shape index (κ1) is 11.0. The van der Waals surface area contributed by atoms with E-state index in [1.807, 2.05) is 31.2 Å². The molecular weight excluding hydrogens is 268 g/mol. The Labute approximate surface area is 102 Å². The molecule has 0 atom stereocenters. The summed E-state index contributed by atoms with van der Waals surface area (Å²) in [5, 5.41) is 0. The lowest BCUT2D eigenvalue weighted by molar-refractivity contribution is 0.482. The van der Waals surface area contributed by atoms with Crippen molar-refractivity contribution in [2.24, 2.45) is 0 Å². The zero-order valence-corrected chi connectivity index (χ0v) is 10.4. The number of nitrogens with zero attached hydrogens (tertiary/aromatic N) is 1. The number of aryl methyl sites for hydroxylation is 1. The number of halogens is 1. The zero-order valence-electron chi connectivity index (χ0n) is 8.77. The zero-order chi connectivity index (χ0) is 11.5. The number of ether oxygens (including phenoxy) is 1. The van der Waals surface area contributed by atoms with Crippen molar-refractivity contribution in [3.8, 4) is 11.5 Å². The van der Waals surface area contributed by atoms with Crippen LogP contribution < -0.4 is 10.5 Å². The summed E-state index contributed by atoms with van der Waals surface area (Å²) in [5.74, 6) is 1.31. The van der Waals surface area contributed by atoms with Crippen LogP contribution in [0.2, 0.25) is 0 Å². The van der Waals surface area contributed by atoms with Gasteiger partial charge < -0.3 is 10.5 Å². The van der Waals surface area contributed by atoms with Crippen LogP contribution in [0.4, 0.5) is 5.69 Å². The summed E-state index contributed by atoms with van der Waals surface area (Å²) < 4.78 is 6.54. The number of anilines is 1. The van der Waals surface area contributed by atoms with Crippen molar-refractivity contribution >= 4 is 21.6 Å². The molecule has 4 heteroatoms. The topological polar surface area (TPSA) is 48.1 Å². The van der Waals surface area contributed by atoms with E-state index in [0.717, 1.165) is 10.2 Å². The molecule has 3 nitrogen and oxygen atoms in total. The van der Waals surface area contributed by atoms with Gasteiger partial charge in [0.1, 0.15) is 11.5 Å². The van der Waals surface area contributed by atoms with Crippen molar-refractivity contribution in [2.75, 3.05) is 5.73 Å². The van der Waals surface area contributed by atoms with Gasteiger partial charge in [-0.25, -0.2) is 0 Å². The lowest BCUT2D eigenvalue weighted by Crippen LogP contribution is -1.92. The maximum Gasteiger partial charge on any atom is 0.150 e. The van der Waals surface area contributed by atoms with Crippen LogP contribution in [0.5, 0.6) is 11.5 Å². The molecule has 0 fully saturated rings. The first-order chi connectivity index (χ1) is 7.65. The van der Waals surface area contributed by atoms with Crippen molar-refractivity contribution in [3.63, 3.8) is 0 Å². The second-order valence-electron chi connectivity index (χ2n) is 3.42. The Balaban J connectivity index is 2.23. The molecule has 0 amide bonds. The number of rotatable bonds is 2. The van der Waals surface area contributed by atoms with E-state index >= 15 is 0 Å². The summed E-state index contributed by atoms with van der Waals surface area (Å²) in [6.07, 6.45) is 1.68. The average Bonchev–Trinajstić information content (AvgIpc) is 2.25. The molecule has 0 unspecified atom stereocenters. The molecule has 0 aliphatic rings. The Morgan fingerprint density at radius 2 is 2.06 bits per heavy atom. The summed E-state index contributed by atoms with van der Waals surface area (Å²) >= 11 is 3.34. The van der Waals surface area contributed by atoms with Gasteiger partial charge in [0.05, 0.1) is 11.9 Å². The molecule has 16 heavy (non-hydrogen) atoms. The first-order valence-electron chi connectivity index (χ1n) is 4.81. The summed E-state index contributed by atoms with van der Waals surface area (Å²) in [7, 11) is 0. The molecule has 1 heterocycles. The van der Waals surface area contributed by atoms with Gasteiger partial charge in [-0.2, -0.15) is 0 Å². The monoisotopic (exact) mass is 278 g/mol. The molecule has 0 radical (unpaired) electrons. The van der Waals surface area contributed by atoms with Crippen LogP contribution in [0, 0.1) is 6.92 Å². The number of nitrogen functional groups attached to an aromatic ring is 1. The molecule has 0 aliphatic heterocycles. The molecule has 0 bridgehead atoms. The molecule has 2 N–H and O–H groups in total. The number of hydrogen-bond acceptors (Lipinski definition) is 3. The van der Waals surface area contributed by atoms with Gasteiger partial charge in [0, 0.05) is 10.2 Å². The standard InChI is InChI=1S/C12H11BrN2O/c1-8-2-4-10(7-15-8)16-12-5-3-9(13)6-11(12)14/h2-7H,14H2,1H3. The van der Waals surface area contributed by atoms with Gasteiger partial charge in [0.15, 0.2) is 0 Å². The summed E-state index contributed by atoms with van der Waals surface area (Å²) in [6.45, 7) is 1.93. The van der Waals surface area contributed by atoms with E-state index < -0.39 is 0 Å². The molecule has 1 aromatic carbocycles. The Kier molecular flexibility index (Phi) is 3.10. The minimum Gasteiger partial charge on any atom is -0.454 e. The number of aromatic nitrogens is 1. The van der Waals surface area contributed by atoms with E-state index in [0.29, 0.717) is 17.2 Å². The van der Waals surface area contributed by atoms with Gasteiger partial charge in [-0.05, 0) is 37.3 Å². The number of benzene rings is 1. The molecule has 1 aromatic heterocycles. The summed E-state index contributed by atoms with van der Waals surface area (Å²) in [5.41, 5.74) is 7.37. The highest BCUT2D eigenvalue weighted by atomic mass is 79.9. The fraction of sp³-hybridized carbons (Fsp3) is 0.0833. The third-order valence-electron chi connectivity index (χ3n) is 2.08. The predicted octanol–water partition coefficient (Wildman–Crippen LogP) is 3.53. The number of hydrogen-bond donors (Lipinski definition) is 1. The highest BCUT2D eigenvalue weighted by molar-refractivity contribution is 9.10. The molecule has 0 saturated heterocycles. The lowest BCUT2D eigenvalue weighted by atomic mass is 10.3. The van der Waals surface area contributed by atoms with Crippen molar-refractivity contribution in [2.45, 2.75) is 6.92 Å². The molecule has 2 aromatic rings. The highest BCUT2D eigenvalue weighted by Crippen LogP contribution is 2.29. The van der Waals surface area contributed by atoms with E-state index in [2.05, 4.69) is 20.9 Å². The minimum absolute atomic E-state index is 0.593. The van der Waals surface area contributed by atoms with E-state index in [4.69, 9.17) is 10.5 Å². The quantitative estimate of drug-likeness (QED) is 0.855.